The zero-order valence-electron chi connectivity index (χ0n) is 21.8. The van der Waals surface area contributed by atoms with Crippen molar-refractivity contribution in [1.82, 2.24) is 9.97 Å². The number of ether oxygens (including phenoxy) is 3. The number of carbonyl (C=O) groups excluding carboxylic acids is 1. The third-order valence-corrected chi connectivity index (χ3v) is 8.44. The summed E-state index contributed by atoms with van der Waals surface area (Å²) in [6.07, 6.45) is 2.30. The molecule has 3 heterocycles. The second-order valence-electron chi connectivity index (χ2n) is 8.64. The van der Waals surface area contributed by atoms with Gasteiger partial charge in [0.05, 0.1) is 41.0 Å². The Labute approximate surface area is 235 Å². The Bertz CT molecular complexity index is 1400. The Kier molecular flexibility index (Phi) is 10.5. The van der Waals surface area contributed by atoms with Gasteiger partial charge in [-0.15, -0.1) is 0 Å². The Hall–Kier alpha value is -3.43. The van der Waals surface area contributed by atoms with E-state index in [0.29, 0.717) is 59.8 Å². The molecule has 1 aliphatic rings. The molecular formula is C26H30N4O8S2. The van der Waals surface area contributed by atoms with Crippen molar-refractivity contribution < 1.29 is 37.4 Å². The lowest BCUT2D eigenvalue weighted by molar-refractivity contribution is -0.110. The van der Waals surface area contributed by atoms with Crippen molar-refractivity contribution >= 4 is 37.9 Å². The van der Waals surface area contributed by atoms with Crippen LogP contribution in [0.3, 0.4) is 0 Å². The van der Waals surface area contributed by atoms with Crippen LogP contribution in [0.25, 0.3) is 10.6 Å². The molecule has 14 heteroatoms. The summed E-state index contributed by atoms with van der Waals surface area (Å²) in [6, 6.07) is 11.1. The van der Waals surface area contributed by atoms with Crippen molar-refractivity contribution in [1.29, 1.82) is 0 Å². The molecule has 1 atom stereocenters. The minimum Gasteiger partial charge on any atom is -0.475 e. The van der Waals surface area contributed by atoms with Crippen molar-refractivity contribution in [2.75, 3.05) is 51.2 Å². The van der Waals surface area contributed by atoms with Gasteiger partial charge in [0.2, 0.25) is 5.88 Å². The lowest BCUT2D eigenvalue weighted by Crippen LogP contribution is -2.25. The van der Waals surface area contributed by atoms with E-state index in [4.69, 9.17) is 24.2 Å². The van der Waals surface area contributed by atoms with E-state index < -0.39 is 15.7 Å². The fourth-order valence-electron chi connectivity index (χ4n) is 3.67. The number of nitrogens with one attached hydrogen (secondary N) is 1. The smallest absolute Gasteiger partial charge is 0.280 e. The van der Waals surface area contributed by atoms with Crippen LogP contribution in [0.2, 0.25) is 0 Å². The van der Waals surface area contributed by atoms with Crippen LogP contribution >= 0.6 is 11.3 Å². The van der Waals surface area contributed by atoms with E-state index in [0.717, 1.165) is 0 Å². The molecule has 0 radical (unpaired) electrons. The molecular weight excluding hydrogens is 560 g/mol. The van der Waals surface area contributed by atoms with Gasteiger partial charge in [0.15, 0.2) is 26.8 Å². The predicted molar refractivity (Wildman–Crippen MR) is 148 cm³/mol. The number of aliphatic hydroxyl groups is 1. The summed E-state index contributed by atoms with van der Waals surface area (Å²) in [7, 11) is -1.99. The topological polar surface area (TPSA) is 159 Å². The number of carbonyl (C=O) groups is 1. The van der Waals surface area contributed by atoms with Crippen molar-refractivity contribution in [3.63, 3.8) is 0 Å². The average Bonchev–Trinajstić information content (AvgIpc) is 3.65. The third kappa shape index (κ3) is 8.05. The highest BCUT2D eigenvalue weighted by atomic mass is 32.2. The normalized spacial score (nSPS) is 15.7. The number of nitrogens with zero attached hydrogens (tertiary/aromatic N) is 3. The number of methoxy groups -OCH3 is 1. The summed E-state index contributed by atoms with van der Waals surface area (Å²) in [5.41, 5.74) is 0.929. The van der Waals surface area contributed by atoms with E-state index in [2.05, 4.69) is 20.4 Å². The van der Waals surface area contributed by atoms with Gasteiger partial charge in [-0.2, -0.15) is 0 Å². The number of hydrogen-bond acceptors (Lipinski definition) is 12. The van der Waals surface area contributed by atoms with Crippen molar-refractivity contribution in [2.45, 2.75) is 23.8 Å². The maximum absolute atomic E-state index is 13.3. The Balaban J connectivity index is 1.52. The number of hydrogen-bond donors (Lipinski definition) is 2. The number of aliphatic hydroxyl groups excluding tert-OH is 1. The molecule has 0 aliphatic carbocycles. The largest absolute Gasteiger partial charge is 0.475 e. The Morgan fingerprint density at radius 1 is 1.23 bits per heavy atom. The molecule has 0 spiro atoms. The Morgan fingerprint density at radius 3 is 2.77 bits per heavy atom. The van der Waals surface area contributed by atoms with E-state index >= 15 is 0 Å². The fraction of sp³-hybridized carbons (Fsp3) is 0.385. The van der Waals surface area contributed by atoms with Gasteiger partial charge in [0.1, 0.15) is 6.61 Å². The SMILES string of the molecule is COCCCS(=O)(=O)c1ccc(C(=NO[C@@H]2CCOC2)C(=O)Nc2ncc(-c3cccc(OCCO)n3)s2)cc1. The number of sulfone groups is 1. The van der Waals surface area contributed by atoms with E-state index in [1.807, 2.05) is 0 Å². The molecule has 12 nitrogen and oxygen atoms in total. The number of thiazole rings is 1. The molecule has 0 bridgehead atoms. The van der Waals surface area contributed by atoms with E-state index in [-0.39, 0.29) is 35.7 Å². The van der Waals surface area contributed by atoms with Crippen LogP contribution < -0.4 is 10.1 Å². The molecule has 1 aliphatic heterocycles. The zero-order valence-corrected chi connectivity index (χ0v) is 23.4. The summed E-state index contributed by atoms with van der Waals surface area (Å²) in [5, 5.41) is 16.1. The van der Waals surface area contributed by atoms with Gasteiger partial charge in [-0.3, -0.25) is 10.1 Å². The van der Waals surface area contributed by atoms with Gasteiger partial charge in [-0.05, 0) is 24.6 Å². The highest BCUT2D eigenvalue weighted by molar-refractivity contribution is 7.91. The quantitative estimate of drug-likeness (QED) is 0.162. The first-order chi connectivity index (χ1) is 19.4. The summed E-state index contributed by atoms with van der Waals surface area (Å²) in [6.45, 7) is 1.24. The molecule has 2 N–H and O–H groups in total. The van der Waals surface area contributed by atoms with Gasteiger partial charge >= 0.3 is 0 Å². The van der Waals surface area contributed by atoms with Gasteiger partial charge in [0.25, 0.3) is 5.91 Å². The van der Waals surface area contributed by atoms with Crippen LogP contribution in [0.15, 0.2) is 58.7 Å². The highest BCUT2D eigenvalue weighted by Gasteiger charge is 2.22. The van der Waals surface area contributed by atoms with Crippen LogP contribution in [0, 0.1) is 0 Å². The van der Waals surface area contributed by atoms with Crippen molar-refractivity contribution in [3.8, 4) is 16.5 Å². The number of oxime groups is 1. The fourth-order valence-corrected chi connectivity index (χ4v) is 5.73. The molecule has 3 aromatic rings. The van der Waals surface area contributed by atoms with Crippen LogP contribution in [-0.2, 0) is 28.9 Å². The lowest BCUT2D eigenvalue weighted by Gasteiger charge is -2.10. The molecule has 2 aromatic heterocycles. The van der Waals surface area contributed by atoms with Crippen LogP contribution in [-0.4, -0.2) is 87.1 Å². The molecule has 1 amide bonds. The summed E-state index contributed by atoms with van der Waals surface area (Å²) >= 11 is 1.20. The van der Waals surface area contributed by atoms with Crippen LogP contribution in [0.1, 0.15) is 18.4 Å². The average molecular weight is 591 g/mol. The van der Waals surface area contributed by atoms with E-state index in [1.165, 1.54) is 42.7 Å². The molecule has 1 saturated heterocycles. The minimum absolute atomic E-state index is 0.0375. The zero-order chi connectivity index (χ0) is 28.4. The molecule has 214 valence electrons. The molecule has 0 saturated carbocycles. The van der Waals surface area contributed by atoms with Gasteiger partial charge in [0, 0.05) is 38.0 Å². The first kappa shape index (κ1) is 29.6. The maximum Gasteiger partial charge on any atom is 0.280 e. The van der Waals surface area contributed by atoms with Crippen LogP contribution in [0.5, 0.6) is 5.88 Å². The summed E-state index contributed by atoms with van der Waals surface area (Å²) in [4.78, 5) is 28.4. The highest BCUT2D eigenvalue weighted by Crippen LogP contribution is 2.29. The number of rotatable bonds is 14. The molecule has 4 rings (SSSR count). The number of benzene rings is 1. The molecule has 0 unspecified atom stereocenters. The molecule has 40 heavy (non-hydrogen) atoms. The number of pyridine rings is 1. The minimum atomic E-state index is -3.50. The van der Waals surface area contributed by atoms with E-state index in [1.54, 1.807) is 24.4 Å². The lowest BCUT2D eigenvalue weighted by atomic mass is 10.1. The Morgan fingerprint density at radius 2 is 2.05 bits per heavy atom. The molecule has 1 aromatic carbocycles. The van der Waals surface area contributed by atoms with Gasteiger partial charge in [-0.25, -0.2) is 18.4 Å². The summed E-state index contributed by atoms with van der Waals surface area (Å²) < 4.78 is 40.9. The standard InChI is InChI=1S/C26H30N4O8S2/c1-35-12-3-15-40(33,34)20-8-6-18(7-9-20)24(30-38-19-10-13-36-17-19)25(32)29-26-27-16-22(39-26)21-4-2-5-23(28-21)37-14-11-31/h2,4-9,16,19,31H,3,10-15,17H2,1H3,(H,27,29,32)/t19-/m1/s1. The number of amides is 1. The first-order valence-corrected chi connectivity index (χ1v) is 15.0. The van der Waals surface area contributed by atoms with Crippen LogP contribution in [0.4, 0.5) is 5.13 Å². The predicted octanol–water partition coefficient (Wildman–Crippen LogP) is 2.53. The molecule has 1 fully saturated rings. The third-order valence-electron chi connectivity index (χ3n) is 5.69. The van der Waals surface area contributed by atoms with Crippen molar-refractivity contribution in [3.05, 3.63) is 54.2 Å². The number of aromatic nitrogens is 2. The second-order valence-corrected chi connectivity index (χ2v) is 11.8. The van der Waals surface area contributed by atoms with Gasteiger partial charge < -0.3 is 24.2 Å². The van der Waals surface area contributed by atoms with E-state index in [9.17, 15) is 13.2 Å². The first-order valence-electron chi connectivity index (χ1n) is 12.5. The number of anilines is 1. The monoisotopic (exact) mass is 590 g/mol. The van der Waals surface area contributed by atoms with Crippen molar-refractivity contribution in [2.24, 2.45) is 5.16 Å². The second kappa shape index (κ2) is 14.3. The maximum atomic E-state index is 13.3. The summed E-state index contributed by atoms with van der Waals surface area (Å²) in [5.74, 6) is -0.273. The van der Waals surface area contributed by atoms with Gasteiger partial charge in [-0.1, -0.05) is 34.7 Å².